The molecule has 16 heavy (non-hydrogen) atoms. The highest BCUT2D eigenvalue weighted by molar-refractivity contribution is 5.47. The molecule has 0 aliphatic rings. The van der Waals surface area contributed by atoms with Gasteiger partial charge in [0.1, 0.15) is 11.5 Å². The molecule has 2 unspecified atom stereocenters. The van der Waals surface area contributed by atoms with Crippen LogP contribution in [0.4, 0.5) is 0 Å². The number of nitrogens with two attached hydrogens (primary N) is 1. The van der Waals surface area contributed by atoms with Gasteiger partial charge in [-0.3, -0.25) is 0 Å². The Bertz CT molecular complexity index is 314. The van der Waals surface area contributed by atoms with Gasteiger partial charge in [0, 0.05) is 11.6 Å². The zero-order valence-electron chi connectivity index (χ0n) is 10.5. The lowest BCUT2D eigenvalue weighted by Gasteiger charge is -2.20. The first kappa shape index (κ1) is 12.8. The first-order valence-corrected chi connectivity index (χ1v) is 5.56. The molecular formula is C13H21NO2. The van der Waals surface area contributed by atoms with E-state index in [1.54, 1.807) is 14.2 Å². The molecule has 2 N–H and O–H groups in total. The lowest BCUT2D eigenvalue weighted by atomic mass is 9.93. The van der Waals surface area contributed by atoms with Crippen molar-refractivity contribution in [3.05, 3.63) is 23.8 Å². The van der Waals surface area contributed by atoms with Crippen LogP contribution in [0.15, 0.2) is 18.2 Å². The van der Waals surface area contributed by atoms with E-state index in [-0.39, 0.29) is 6.04 Å². The van der Waals surface area contributed by atoms with Gasteiger partial charge in [0.15, 0.2) is 0 Å². The van der Waals surface area contributed by atoms with Crippen LogP contribution in [0.1, 0.15) is 31.7 Å². The largest absolute Gasteiger partial charge is 0.496 e. The summed E-state index contributed by atoms with van der Waals surface area (Å²) in [6.45, 7) is 4.15. The zero-order chi connectivity index (χ0) is 12.1. The maximum atomic E-state index is 5.83. The summed E-state index contributed by atoms with van der Waals surface area (Å²) in [5.74, 6) is 2.06. The molecule has 1 aromatic rings. The van der Waals surface area contributed by atoms with E-state index in [0.29, 0.717) is 5.92 Å². The summed E-state index contributed by atoms with van der Waals surface area (Å²) in [5, 5.41) is 0. The van der Waals surface area contributed by atoms with Crippen LogP contribution >= 0.6 is 0 Å². The Morgan fingerprint density at radius 2 is 1.62 bits per heavy atom. The second kappa shape index (κ2) is 5.75. The number of benzene rings is 1. The number of rotatable bonds is 5. The van der Waals surface area contributed by atoms with Gasteiger partial charge in [-0.2, -0.15) is 0 Å². The second-order valence-electron chi connectivity index (χ2n) is 4.19. The van der Waals surface area contributed by atoms with Crippen LogP contribution in [0.25, 0.3) is 0 Å². The minimum absolute atomic E-state index is 0.171. The van der Waals surface area contributed by atoms with Crippen LogP contribution < -0.4 is 15.2 Å². The smallest absolute Gasteiger partial charge is 0.126 e. The van der Waals surface area contributed by atoms with Crippen LogP contribution in [-0.2, 0) is 0 Å². The Morgan fingerprint density at radius 1 is 1.12 bits per heavy atom. The Morgan fingerprint density at radius 3 is 2.00 bits per heavy atom. The maximum Gasteiger partial charge on any atom is 0.126 e. The van der Waals surface area contributed by atoms with Crippen LogP contribution in [0, 0.1) is 0 Å². The Hall–Kier alpha value is -1.22. The van der Waals surface area contributed by atoms with Crippen molar-refractivity contribution < 1.29 is 9.47 Å². The van der Waals surface area contributed by atoms with Crippen molar-refractivity contribution in [1.82, 2.24) is 0 Å². The highest BCUT2D eigenvalue weighted by Crippen LogP contribution is 2.36. The van der Waals surface area contributed by atoms with E-state index >= 15 is 0 Å². The fraction of sp³-hybridized carbons (Fsp3) is 0.538. The van der Waals surface area contributed by atoms with Crippen molar-refractivity contribution in [3.63, 3.8) is 0 Å². The average Bonchev–Trinajstić information content (AvgIpc) is 2.26. The molecule has 0 heterocycles. The second-order valence-corrected chi connectivity index (χ2v) is 4.19. The lowest BCUT2D eigenvalue weighted by Crippen LogP contribution is -2.18. The predicted octanol–water partition coefficient (Wildman–Crippen LogP) is 2.54. The molecule has 0 aliphatic carbocycles. The lowest BCUT2D eigenvalue weighted by molar-refractivity contribution is 0.376. The first-order valence-electron chi connectivity index (χ1n) is 5.56. The zero-order valence-corrected chi connectivity index (χ0v) is 10.5. The first-order chi connectivity index (χ1) is 7.60. The van der Waals surface area contributed by atoms with Crippen LogP contribution in [0.5, 0.6) is 11.5 Å². The summed E-state index contributed by atoms with van der Waals surface area (Å²) in [6, 6.07) is 6.01. The van der Waals surface area contributed by atoms with E-state index in [9.17, 15) is 0 Å². The molecular weight excluding hydrogens is 202 g/mol. The summed E-state index contributed by atoms with van der Waals surface area (Å²) in [6.07, 6.45) is 0.913. The molecule has 0 radical (unpaired) electrons. The third-order valence-corrected chi connectivity index (χ3v) is 2.68. The van der Waals surface area contributed by atoms with Crippen molar-refractivity contribution in [1.29, 1.82) is 0 Å². The molecule has 0 spiro atoms. The van der Waals surface area contributed by atoms with Crippen molar-refractivity contribution in [2.75, 3.05) is 14.2 Å². The molecule has 3 heteroatoms. The topological polar surface area (TPSA) is 44.5 Å². The van der Waals surface area contributed by atoms with Gasteiger partial charge in [-0.05, 0) is 31.4 Å². The molecule has 2 atom stereocenters. The molecule has 0 fully saturated rings. The van der Waals surface area contributed by atoms with Gasteiger partial charge < -0.3 is 15.2 Å². The monoisotopic (exact) mass is 223 g/mol. The standard InChI is InChI=1S/C13H21NO2/c1-9(8-10(2)14)13-11(15-3)6-5-7-12(13)16-4/h5-7,9-10H,8,14H2,1-4H3. The molecule has 0 bridgehead atoms. The summed E-state index contributed by atoms with van der Waals surface area (Å²) in [4.78, 5) is 0. The van der Waals surface area contributed by atoms with Gasteiger partial charge in [-0.25, -0.2) is 0 Å². The number of hydrogen-bond acceptors (Lipinski definition) is 3. The third kappa shape index (κ3) is 2.89. The van der Waals surface area contributed by atoms with Gasteiger partial charge >= 0.3 is 0 Å². The van der Waals surface area contributed by atoms with Gasteiger partial charge in [0.25, 0.3) is 0 Å². The van der Waals surface area contributed by atoms with Crippen molar-refractivity contribution in [2.24, 2.45) is 5.73 Å². The quantitative estimate of drug-likeness (QED) is 0.834. The summed E-state index contributed by atoms with van der Waals surface area (Å²) in [7, 11) is 3.35. The molecule has 1 aromatic carbocycles. The molecule has 0 amide bonds. The van der Waals surface area contributed by atoms with Crippen molar-refractivity contribution in [2.45, 2.75) is 32.2 Å². The van der Waals surface area contributed by atoms with Gasteiger partial charge in [-0.15, -0.1) is 0 Å². The van der Waals surface area contributed by atoms with Crippen molar-refractivity contribution >= 4 is 0 Å². The SMILES string of the molecule is COc1cccc(OC)c1C(C)CC(C)N. The molecule has 0 aromatic heterocycles. The van der Waals surface area contributed by atoms with E-state index < -0.39 is 0 Å². The van der Waals surface area contributed by atoms with E-state index in [1.165, 1.54) is 0 Å². The molecule has 1 rings (SSSR count). The Labute approximate surface area is 97.6 Å². The molecule has 0 aliphatic heterocycles. The normalized spacial score (nSPS) is 14.3. The van der Waals surface area contributed by atoms with E-state index in [4.69, 9.17) is 15.2 Å². The minimum atomic E-state index is 0.171. The summed E-state index contributed by atoms with van der Waals surface area (Å²) < 4.78 is 10.7. The van der Waals surface area contributed by atoms with E-state index in [1.807, 2.05) is 25.1 Å². The molecule has 3 nitrogen and oxygen atoms in total. The molecule has 90 valence electrons. The Balaban J connectivity index is 3.07. The maximum absolute atomic E-state index is 5.83. The van der Waals surface area contributed by atoms with Gasteiger partial charge in [0.05, 0.1) is 14.2 Å². The van der Waals surface area contributed by atoms with Gasteiger partial charge in [-0.1, -0.05) is 13.0 Å². The number of ether oxygens (including phenoxy) is 2. The number of hydrogen-bond donors (Lipinski definition) is 1. The average molecular weight is 223 g/mol. The highest BCUT2D eigenvalue weighted by Gasteiger charge is 2.17. The summed E-state index contributed by atoms with van der Waals surface area (Å²) in [5.41, 5.74) is 6.93. The fourth-order valence-corrected chi connectivity index (χ4v) is 2.04. The van der Waals surface area contributed by atoms with Crippen LogP contribution in [0.2, 0.25) is 0 Å². The number of methoxy groups -OCH3 is 2. The van der Waals surface area contributed by atoms with Crippen LogP contribution in [-0.4, -0.2) is 20.3 Å². The van der Waals surface area contributed by atoms with E-state index in [0.717, 1.165) is 23.5 Å². The summed E-state index contributed by atoms with van der Waals surface area (Å²) >= 11 is 0. The Kier molecular flexibility index (Phi) is 4.62. The fourth-order valence-electron chi connectivity index (χ4n) is 2.04. The molecule has 0 saturated heterocycles. The minimum Gasteiger partial charge on any atom is -0.496 e. The van der Waals surface area contributed by atoms with Gasteiger partial charge in [0.2, 0.25) is 0 Å². The third-order valence-electron chi connectivity index (χ3n) is 2.68. The van der Waals surface area contributed by atoms with E-state index in [2.05, 4.69) is 6.92 Å². The van der Waals surface area contributed by atoms with Crippen molar-refractivity contribution in [3.8, 4) is 11.5 Å². The molecule has 0 saturated carbocycles. The predicted molar refractivity (Wildman–Crippen MR) is 66.2 cm³/mol. The highest BCUT2D eigenvalue weighted by atomic mass is 16.5. The van der Waals surface area contributed by atoms with Crippen LogP contribution in [0.3, 0.4) is 0 Å².